The highest BCUT2D eigenvalue weighted by atomic mass is 19.1. The second kappa shape index (κ2) is 8.31. The molecule has 1 amide bonds. The Kier molecular flexibility index (Phi) is 5.65. The number of amides is 1. The third-order valence-electron chi connectivity index (χ3n) is 3.91. The lowest BCUT2D eigenvalue weighted by Crippen LogP contribution is -2.29. The minimum Gasteiger partial charge on any atom is -0.340 e. The number of carbonyl (C=O) groups excluding carboxylic acids is 1. The zero-order valence-electron chi connectivity index (χ0n) is 14.6. The average Bonchev–Trinajstić information content (AvgIpc) is 2.69. The maximum atomic E-state index is 13.7. The highest BCUT2D eigenvalue weighted by Gasteiger charge is 2.14. The third-order valence-corrected chi connectivity index (χ3v) is 3.91. The molecule has 1 aromatic carbocycles. The molecule has 3 rings (SSSR count). The summed E-state index contributed by atoms with van der Waals surface area (Å²) in [4.78, 5) is 17.9. The van der Waals surface area contributed by atoms with Crippen molar-refractivity contribution in [1.82, 2.24) is 20.1 Å². The van der Waals surface area contributed by atoms with Gasteiger partial charge in [-0.3, -0.25) is 9.78 Å². The molecule has 138 valence electrons. The highest BCUT2D eigenvalue weighted by molar-refractivity contribution is 5.92. The molecular formula is C19H17F2N5O. The summed E-state index contributed by atoms with van der Waals surface area (Å²) < 4.78 is 26.6. The number of likely N-dealkylation sites (N-methyl/N-ethyl adjacent to an activating group) is 1. The van der Waals surface area contributed by atoms with Gasteiger partial charge in [0.25, 0.3) is 5.91 Å². The molecule has 6 nitrogen and oxygen atoms in total. The van der Waals surface area contributed by atoms with E-state index in [-0.39, 0.29) is 23.1 Å². The maximum Gasteiger partial charge on any atom is 0.274 e. The number of aromatic nitrogens is 3. The summed E-state index contributed by atoms with van der Waals surface area (Å²) in [5, 5.41) is 10.5. The van der Waals surface area contributed by atoms with E-state index in [0.717, 1.165) is 17.7 Å². The molecule has 0 saturated carbocycles. The summed E-state index contributed by atoms with van der Waals surface area (Å²) in [6, 6.07) is 9.97. The molecule has 1 N–H and O–H groups in total. The van der Waals surface area contributed by atoms with Crippen molar-refractivity contribution in [2.24, 2.45) is 0 Å². The van der Waals surface area contributed by atoms with Crippen molar-refractivity contribution in [3.63, 3.8) is 0 Å². The number of rotatable bonds is 6. The fraction of sp³-hybridized carbons (Fsp3) is 0.158. The van der Waals surface area contributed by atoms with E-state index in [1.807, 2.05) is 12.1 Å². The Bertz CT molecular complexity index is 919. The van der Waals surface area contributed by atoms with Crippen LogP contribution in [0.1, 0.15) is 16.1 Å². The number of benzene rings is 1. The number of nitrogens with one attached hydrogen (secondary N) is 1. The molecule has 2 heterocycles. The minimum atomic E-state index is -0.743. The Labute approximate surface area is 154 Å². The summed E-state index contributed by atoms with van der Waals surface area (Å²) in [6.07, 6.45) is 4.11. The average molecular weight is 369 g/mol. The predicted octanol–water partition coefficient (Wildman–Crippen LogP) is 3.21. The van der Waals surface area contributed by atoms with E-state index >= 15 is 0 Å². The zero-order valence-corrected chi connectivity index (χ0v) is 14.6. The first-order valence-corrected chi connectivity index (χ1v) is 8.23. The number of halogens is 2. The highest BCUT2D eigenvalue weighted by Crippen LogP contribution is 2.19. The van der Waals surface area contributed by atoms with Gasteiger partial charge in [0.15, 0.2) is 11.5 Å². The molecule has 0 atom stereocenters. The first-order chi connectivity index (χ1) is 13.0. The molecule has 8 heteroatoms. The molecule has 0 unspecified atom stereocenters. The van der Waals surface area contributed by atoms with Gasteiger partial charge >= 0.3 is 0 Å². The maximum absolute atomic E-state index is 13.7. The lowest BCUT2D eigenvalue weighted by Gasteiger charge is -2.16. The SMILES string of the molecule is CN(CCc1ccncc1)C(=O)c1ccc(Nc2ccc(F)cc2F)nn1. The van der Waals surface area contributed by atoms with Crippen LogP contribution in [0.3, 0.4) is 0 Å². The summed E-state index contributed by atoms with van der Waals surface area (Å²) in [6.45, 7) is 0.519. The first-order valence-electron chi connectivity index (χ1n) is 8.23. The van der Waals surface area contributed by atoms with E-state index in [4.69, 9.17) is 0 Å². The van der Waals surface area contributed by atoms with Crippen molar-refractivity contribution < 1.29 is 13.6 Å². The van der Waals surface area contributed by atoms with Gasteiger partial charge < -0.3 is 10.2 Å². The quantitative estimate of drug-likeness (QED) is 0.722. The van der Waals surface area contributed by atoms with Crippen LogP contribution in [0.15, 0.2) is 54.9 Å². The zero-order chi connectivity index (χ0) is 19.2. The van der Waals surface area contributed by atoms with Crippen LogP contribution in [0, 0.1) is 11.6 Å². The second-order valence-electron chi connectivity index (χ2n) is 5.89. The van der Waals surface area contributed by atoms with Gasteiger partial charge in [0.05, 0.1) is 5.69 Å². The fourth-order valence-corrected chi connectivity index (χ4v) is 2.39. The minimum absolute atomic E-state index is 0.0687. The number of pyridine rings is 1. The monoisotopic (exact) mass is 369 g/mol. The number of nitrogens with zero attached hydrogens (tertiary/aromatic N) is 4. The Balaban J connectivity index is 1.61. The van der Waals surface area contributed by atoms with Gasteiger partial charge in [0, 0.05) is 32.1 Å². The molecule has 0 spiro atoms. The molecule has 0 aliphatic carbocycles. The van der Waals surface area contributed by atoms with Crippen LogP contribution >= 0.6 is 0 Å². The van der Waals surface area contributed by atoms with Crippen molar-refractivity contribution in [3.05, 3.63) is 77.8 Å². The van der Waals surface area contributed by atoms with E-state index < -0.39 is 11.6 Å². The van der Waals surface area contributed by atoms with Crippen molar-refractivity contribution in [2.75, 3.05) is 18.9 Å². The Hall–Kier alpha value is -3.42. The van der Waals surface area contributed by atoms with Gasteiger partial charge in [-0.15, -0.1) is 10.2 Å². The lowest BCUT2D eigenvalue weighted by atomic mass is 10.2. The molecule has 0 radical (unpaired) electrons. The van der Waals surface area contributed by atoms with Crippen molar-refractivity contribution in [3.8, 4) is 0 Å². The summed E-state index contributed by atoms with van der Waals surface area (Å²) >= 11 is 0. The number of anilines is 2. The van der Waals surface area contributed by atoms with E-state index in [2.05, 4.69) is 20.5 Å². The molecule has 3 aromatic rings. The van der Waals surface area contributed by atoms with E-state index in [1.54, 1.807) is 24.3 Å². The molecule has 0 fully saturated rings. The predicted molar refractivity (Wildman–Crippen MR) is 96.6 cm³/mol. The molecule has 0 aliphatic rings. The van der Waals surface area contributed by atoms with Crippen LogP contribution in [-0.2, 0) is 6.42 Å². The Morgan fingerprint density at radius 3 is 2.52 bits per heavy atom. The Morgan fingerprint density at radius 2 is 1.85 bits per heavy atom. The summed E-state index contributed by atoms with van der Waals surface area (Å²) in [5.41, 5.74) is 1.33. The van der Waals surface area contributed by atoms with E-state index in [0.29, 0.717) is 13.0 Å². The largest absolute Gasteiger partial charge is 0.340 e. The summed E-state index contributed by atoms with van der Waals surface area (Å²) in [7, 11) is 1.69. The fourth-order valence-electron chi connectivity index (χ4n) is 2.39. The van der Waals surface area contributed by atoms with Gasteiger partial charge in [-0.25, -0.2) is 8.78 Å². The van der Waals surface area contributed by atoms with Crippen LogP contribution in [0.25, 0.3) is 0 Å². The standard InChI is InChI=1S/C19H17F2N5O/c1-26(11-8-13-6-9-22-10-7-13)19(27)17-4-5-18(25-24-17)23-16-3-2-14(20)12-15(16)21/h2-7,9-10,12H,8,11H2,1H3,(H,23,25). The van der Waals surface area contributed by atoms with Crippen LogP contribution in [0.5, 0.6) is 0 Å². The van der Waals surface area contributed by atoms with Crippen LogP contribution in [0.4, 0.5) is 20.3 Å². The third kappa shape index (κ3) is 4.81. The van der Waals surface area contributed by atoms with Gasteiger partial charge in [-0.05, 0) is 48.4 Å². The van der Waals surface area contributed by atoms with Crippen LogP contribution in [0.2, 0.25) is 0 Å². The van der Waals surface area contributed by atoms with Crippen molar-refractivity contribution in [1.29, 1.82) is 0 Å². The summed E-state index contributed by atoms with van der Waals surface area (Å²) in [5.74, 6) is -1.43. The normalized spacial score (nSPS) is 10.5. The topological polar surface area (TPSA) is 71.0 Å². The van der Waals surface area contributed by atoms with E-state index in [9.17, 15) is 13.6 Å². The molecule has 0 saturated heterocycles. The van der Waals surface area contributed by atoms with Crippen molar-refractivity contribution >= 4 is 17.4 Å². The number of carbonyl (C=O) groups is 1. The number of hydrogen-bond acceptors (Lipinski definition) is 5. The van der Waals surface area contributed by atoms with Crippen LogP contribution < -0.4 is 5.32 Å². The number of hydrogen-bond donors (Lipinski definition) is 1. The van der Waals surface area contributed by atoms with Gasteiger partial charge in [-0.2, -0.15) is 0 Å². The molecule has 27 heavy (non-hydrogen) atoms. The first kappa shape index (κ1) is 18.4. The van der Waals surface area contributed by atoms with Gasteiger partial charge in [0.2, 0.25) is 0 Å². The van der Waals surface area contributed by atoms with E-state index in [1.165, 1.54) is 18.2 Å². The second-order valence-corrected chi connectivity index (χ2v) is 5.89. The van der Waals surface area contributed by atoms with Crippen molar-refractivity contribution in [2.45, 2.75) is 6.42 Å². The van der Waals surface area contributed by atoms with Gasteiger partial charge in [0.1, 0.15) is 11.6 Å². The smallest absolute Gasteiger partial charge is 0.274 e. The Morgan fingerprint density at radius 1 is 1.07 bits per heavy atom. The molecular weight excluding hydrogens is 352 g/mol. The lowest BCUT2D eigenvalue weighted by molar-refractivity contribution is 0.0789. The molecule has 2 aromatic heterocycles. The molecule has 0 aliphatic heterocycles. The van der Waals surface area contributed by atoms with Gasteiger partial charge in [-0.1, -0.05) is 0 Å². The van der Waals surface area contributed by atoms with Crippen LogP contribution in [-0.4, -0.2) is 39.6 Å². The molecule has 0 bridgehead atoms.